The number of hydrogen-bond donors (Lipinski definition) is 2. The van der Waals surface area contributed by atoms with Crippen LogP contribution >= 0.6 is 0 Å². The van der Waals surface area contributed by atoms with Gasteiger partial charge in [-0.2, -0.15) is 0 Å². The maximum Gasteiger partial charge on any atom is 0.252 e. The fraction of sp³-hybridized carbons (Fsp3) is 0.211. The van der Waals surface area contributed by atoms with Crippen LogP contribution in [0.25, 0.3) is 10.9 Å². The number of fused-ring (bicyclic) bond motifs is 1. The average Bonchev–Trinajstić information content (AvgIpc) is 2.57. The summed E-state index contributed by atoms with van der Waals surface area (Å²) >= 11 is 0. The Morgan fingerprint density at radius 3 is 2.48 bits per heavy atom. The molecule has 2 aromatic carbocycles. The van der Waals surface area contributed by atoms with E-state index in [1.54, 1.807) is 0 Å². The van der Waals surface area contributed by atoms with Crippen LogP contribution in [0.2, 0.25) is 0 Å². The largest absolute Gasteiger partial charge is 0.395 e. The van der Waals surface area contributed by atoms with E-state index in [2.05, 4.69) is 22.0 Å². The molecule has 0 fully saturated rings. The standard InChI is InChI=1S/C19H20N2O2/c22-11-10-21(13-15-6-2-1-3-7-15)14-17-12-16-8-4-5-9-18(16)20-19(17)23/h1-9,12,22H,10-11,13-14H2,(H,20,23). The van der Waals surface area contributed by atoms with E-state index in [9.17, 15) is 9.90 Å². The Kier molecular flexibility index (Phi) is 4.86. The number of aliphatic hydroxyl groups is 1. The Balaban J connectivity index is 1.85. The summed E-state index contributed by atoms with van der Waals surface area (Å²) in [6, 6.07) is 19.8. The van der Waals surface area contributed by atoms with E-state index in [0.717, 1.165) is 16.5 Å². The van der Waals surface area contributed by atoms with E-state index in [1.807, 2.05) is 48.5 Å². The molecule has 0 bridgehead atoms. The molecule has 3 aromatic rings. The first kappa shape index (κ1) is 15.5. The number of benzene rings is 2. The van der Waals surface area contributed by atoms with E-state index in [-0.39, 0.29) is 12.2 Å². The Bertz CT molecular complexity index is 827. The molecule has 2 N–H and O–H groups in total. The third kappa shape index (κ3) is 3.86. The van der Waals surface area contributed by atoms with Crippen molar-refractivity contribution in [2.75, 3.05) is 13.2 Å². The van der Waals surface area contributed by atoms with Gasteiger partial charge in [0, 0.05) is 30.7 Å². The number of hydrogen-bond acceptors (Lipinski definition) is 3. The molecule has 0 saturated carbocycles. The van der Waals surface area contributed by atoms with Crippen LogP contribution in [0, 0.1) is 0 Å². The van der Waals surface area contributed by atoms with Crippen LogP contribution in [0.5, 0.6) is 0 Å². The van der Waals surface area contributed by atoms with Crippen molar-refractivity contribution in [2.45, 2.75) is 13.1 Å². The Morgan fingerprint density at radius 1 is 0.957 bits per heavy atom. The normalized spacial score (nSPS) is 11.2. The fourth-order valence-corrected chi connectivity index (χ4v) is 2.75. The maximum absolute atomic E-state index is 12.3. The zero-order chi connectivity index (χ0) is 16.1. The summed E-state index contributed by atoms with van der Waals surface area (Å²) in [5, 5.41) is 10.3. The topological polar surface area (TPSA) is 56.3 Å². The molecule has 4 nitrogen and oxygen atoms in total. The van der Waals surface area contributed by atoms with Crippen LogP contribution in [0.4, 0.5) is 0 Å². The minimum atomic E-state index is -0.0697. The lowest BCUT2D eigenvalue weighted by Gasteiger charge is -2.21. The summed E-state index contributed by atoms with van der Waals surface area (Å²) < 4.78 is 0. The van der Waals surface area contributed by atoms with Crippen molar-refractivity contribution < 1.29 is 5.11 Å². The average molecular weight is 308 g/mol. The fourth-order valence-electron chi connectivity index (χ4n) is 2.75. The second kappa shape index (κ2) is 7.22. The molecule has 0 radical (unpaired) electrons. The highest BCUT2D eigenvalue weighted by Gasteiger charge is 2.10. The number of nitrogens with zero attached hydrogens (tertiary/aromatic N) is 1. The zero-order valence-electron chi connectivity index (χ0n) is 12.9. The van der Waals surface area contributed by atoms with Gasteiger partial charge in [-0.15, -0.1) is 0 Å². The van der Waals surface area contributed by atoms with Gasteiger partial charge in [-0.25, -0.2) is 0 Å². The summed E-state index contributed by atoms with van der Waals surface area (Å²) in [4.78, 5) is 17.3. The first-order chi connectivity index (χ1) is 11.3. The van der Waals surface area contributed by atoms with Gasteiger partial charge in [-0.3, -0.25) is 9.69 Å². The molecule has 0 aliphatic heterocycles. The quantitative estimate of drug-likeness (QED) is 0.736. The van der Waals surface area contributed by atoms with Crippen molar-refractivity contribution >= 4 is 10.9 Å². The summed E-state index contributed by atoms with van der Waals surface area (Å²) in [6.45, 7) is 1.81. The molecular formula is C19H20N2O2. The Labute approximate surface area is 135 Å². The van der Waals surface area contributed by atoms with Crippen LogP contribution in [0.3, 0.4) is 0 Å². The van der Waals surface area contributed by atoms with E-state index >= 15 is 0 Å². The second-order valence-corrected chi connectivity index (χ2v) is 5.63. The van der Waals surface area contributed by atoms with Gasteiger partial charge in [-0.1, -0.05) is 48.5 Å². The zero-order valence-corrected chi connectivity index (χ0v) is 12.9. The number of nitrogens with one attached hydrogen (secondary N) is 1. The summed E-state index contributed by atoms with van der Waals surface area (Å²) in [5.74, 6) is 0. The van der Waals surface area contributed by atoms with E-state index < -0.39 is 0 Å². The molecule has 1 heterocycles. The molecule has 0 amide bonds. The SMILES string of the molecule is O=c1[nH]c2ccccc2cc1CN(CCO)Cc1ccccc1. The molecule has 0 unspecified atom stereocenters. The molecule has 3 rings (SSSR count). The number of aliphatic hydroxyl groups excluding tert-OH is 1. The molecule has 4 heteroatoms. The molecule has 0 aliphatic carbocycles. The van der Waals surface area contributed by atoms with E-state index in [1.165, 1.54) is 0 Å². The Hall–Kier alpha value is -2.43. The lowest BCUT2D eigenvalue weighted by atomic mass is 10.1. The number of para-hydroxylation sites is 1. The summed E-state index contributed by atoms with van der Waals surface area (Å²) in [5.41, 5.74) is 2.66. The highest BCUT2D eigenvalue weighted by Crippen LogP contribution is 2.13. The molecule has 118 valence electrons. The highest BCUT2D eigenvalue weighted by atomic mass is 16.3. The minimum Gasteiger partial charge on any atom is -0.395 e. The third-order valence-corrected chi connectivity index (χ3v) is 3.89. The van der Waals surface area contributed by atoms with Gasteiger partial charge in [0.25, 0.3) is 5.56 Å². The minimum absolute atomic E-state index is 0.0678. The van der Waals surface area contributed by atoms with Crippen molar-refractivity contribution in [3.05, 3.63) is 82.1 Å². The third-order valence-electron chi connectivity index (χ3n) is 3.89. The molecule has 0 saturated heterocycles. The monoisotopic (exact) mass is 308 g/mol. The molecule has 0 atom stereocenters. The lowest BCUT2D eigenvalue weighted by Crippen LogP contribution is -2.29. The summed E-state index contributed by atoms with van der Waals surface area (Å²) in [6.07, 6.45) is 0. The lowest BCUT2D eigenvalue weighted by molar-refractivity contribution is 0.184. The highest BCUT2D eigenvalue weighted by molar-refractivity contribution is 5.78. The second-order valence-electron chi connectivity index (χ2n) is 5.63. The first-order valence-corrected chi connectivity index (χ1v) is 7.74. The van der Waals surface area contributed by atoms with Crippen molar-refractivity contribution in [3.63, 3.8) is 0 Å². The molecular weight excluding hydrogens is 288 g/mol. The van der Waals surface area contributed by atoms with Crippen molar-refractivity contribution in [1.29, 1.82) is 0 Å². The van der Waals surface area contributed by atoms with Gasteiger partial charge in [-0.05, 0) is 23.1 Å². The van der Waals surface area contributed by atoms with Crippen LogP contribution in [-0.2, 0) is 13.1 Å². The van der Waals surface area contributed by atoms with Crippen LogP contribution < -0.4 is 5.56 Å². The van der Waals surface area contributed by atoms with Gasteiger partial charge >= 0.3 is 0 Å². The van der Waals surface area contributed by atoms with Crippen LogP contribution in [-0.4, -0.2) is 28.1 Å². The molecule has 1 aromatic heterocycles. The number of rotatable bonds is 6. The number of H-pyrrole nitrogens is 1. The smallest absolute Gasteiger partial charge is 0.252 e. The van der Waals surface area contributed by atoms with Gasteiger partial charge in [0.2, 0.25) is 0 Å². The molecule has 0 spiro atoms. The predicted molar refractivity (Wildman–Crippen MR) is 92.2 cm³/mol. The van der Waals surface area contributed by atoms with E-state index in [4.69, 9.17) is 0 Å². The van der Waals surface area contributed by atoms with Gasteiger partial charge in [0.1, 0.15) is 0 Å². The predicted octanol–water partition coefficient (Wildman–Crippen LogP) is 2.52. The molecule has 0 aliphatic rings. The van der Waals surface area contributed by atoms with Gasteiger partial charge in [0.05, 0.1) is 6.61 Å². The number of pyridine rings is 1. The molecule has 23 heavy (non-hydrogen) atoms. The van der Waals surface area contributed by atoms with E-state index in [0.29, 0.717) is 25.2 Å². The number of aromatic nitrogens is 1. The van der Waals surface area contributed by atoms with Crippen LogP contribution in [0.15, 0.2) is 65.5 Å². The van der Waals surface area contributed by atoms with Crippen molar-refractivity contribution in [2.24, 2.45) is 0 Å². The van der Waals surface area contributed by atoms with Crippen molar-refractivity contribution in [3.8, 4) is 0 Å². The van der Waals surface area contributed by atoms with Crippen molar-refractivity contribution in [1.82, 2.24) is 9.88 Å². The van der Waals surface area contributed by atoms with Crippen LogP contribution in [0.1, 0.15) is 11.1 Å². The summed E-state index contributed by atoms with van der Waals surface area (Å²) in [7, 11) is 0. The Morgan fingerprint density at radius 2 is 1.70 bits per heavy atom. The first-order valence-electron chi connectivity index (χ1n) is 7.74. The number of aromatic amines is 1. The van der Waals surface area contributed by atoms with Gasteiger partial charge in [0.15, 0.2) is 0 Å². The maximum atomic E-state index is 12.3. The van der Waals surface area contributed by atoms with Gasteiger partial charge < -0.3 is 10.1 Å².